The number of nitrogens with zero attached hydrogens (tertiary/aromatic N) is 3. The van der Waals surface area contributed by atoms with E-state index in [0.29, 0.717) is 29.1 Å². The lowest BCUT2D eigenvalue weighted by molar-refractivity contribution is -0.149. The predicted octanol–water partition coefficient (Wildman–Crippen LogP) is 4.97. The molecule has 1 aromatic carbocycles. The van der Waals surface area contributed by atoms with Gasteiger partial charge in [0.1, 0.15) is 6.04 Å². The summed E-state index contributed by atoms with van der Waals surface area (Å²) in [7, 11) is -4.08. The van der Waals surface area contributed by atoms with Crippen molar-refractivity contribution in [2.24, 2.45) is 0 Å². The van der Waals surface area contributed by atoms with Crippen LogP contribution in [0.2, 0.25) is 15.1 Å². The summed E-state index contributed by atoms with van der Waals surface area (Å²) in [5.74, 6) is -1.79. The quantitative estimate of drug-likeness (QED) is 0.428. The van der Waals surface area contributed by atoms with E-state index in [1.807, 2.05) is 13.0 Å². The number of benzene rings is 1. The van der Waals surface area contributed by atoms with Gasteiger partial charge in [-0.2, -0.15) is 0 Å². The molecule has 8 nitrogen and oxygen atoms in total. The van der Waals surface area contributed by atoms with E-state index in [2.05, 4.69) is 9.97 Å². The molecule has 0 radical (unpaired) electrons. The number of likely N-dealkylation sites (tertiary alicyclic amines) is 1. The van der Waals surface area contributed by atoms with Gasteiger partial charge in [-0.3, -0.25) is 14.8 Å². The standard InChI is InChI=1S/C26H22Cl3N3O5S/c1-14-18(3-2-8-30-14)15-4-5-22(19(28)9-15)38(36,37)17-11-21(24(33)34)32(13-17)25(35)26(6-7-26)23-20(29)10-16(27)12-31-23/h2-5,8-10,12,17,21H,6-7,11,13H2,1H3,(H,33,34)/t17-,21+/m1/s1. The predicted molar refractivity (Wildman–Crippen MR) is 143 cm³/mol. The molecule has 3 aromatic rings. The van der Waals surface area contributed by atoms with Gasteiger partial charge in [-0.25, -0.2) is 13.2 Å². The minimum atomic E-state index is -4.08. The number of carboxylic acids is 1. The van der Waals surface area contributed by atoms with Crippen LogP contribution in [0, 0.1) is 6.92 Å². The number of amides is 1. The van der Waals surface area contributed by atoms with Crippen LogP contribution < -0.4 is 0 Å². The second-order valence-electron chi connectivity index (χ2n) is 9.56. The fraction of sp³-hybridized carbons (Fsp3) is 0.308. The lowest BCUT2D eigenvalue weighted by Crippen LogP contribution is -2.46. The Bertz CT molecular complexity index is 1580. The number of aromatic nitrogens is 2. The molecule has 1 aliphatic heterocycles. The molecular weight excluding hydrogens is 573 g/mol. The maximum absolute atomic E-state index is 13.7. The van der Waals surface area contributed by atoms with Crippen LogP contribution in [0.25, 0.3) is 11.1 Å². The average molecular weight is 595 g/mol. The molecule has 3 heterocycles. The number of hydrogen-bond acceptors (Lipinski definition) is 6. The Labute approximate surface area is 234 Å². The topological polar surface area (TPSA) is 118 Å². The molecule has 1 N–H and O–H groups in total. The van der Waals surface area contributed by atoms with Gasteiger partial charge in [-0.1, -0.05) is 46.9 Å². The van der Waals surface area contributed by atoms with E-state index in [1.54, 1.807) is 24.4 Å². The van der Waals surface area contributed by atoms with Gasteiger partial charge in [0, 0.05) is 30.2 Å². The summed E-state index contributed by atoms with van der Waals surface area (Å²) in [6, 6.07) is 8.40. The van der Waals surface area contributed by atoms with E-state index >= 15 is 0 Å². The second kappa shape index (κ2) is 9.79. The number of carboxylic acid groups (broad SMARTS) is 1. The molecule has 38 heavy (non-hydrogen) atoms. The maximum Gasteiger partial charge on any atom is 0.326 e. The summed E-state index contributed by atoms with van der Waals surface area (Å²) in [6.07, 6.45) is 3.61. The lowest BCUT2D eigenvalue weighted by atomic mass is 9.99. The average Bonchev–Trinajstić information content (AvgIpc) is 3.52. The van der Waals surface area contributed by atoms with Crippen molar-refractivity contribution in [2.45, 2.75) is 47.8 Å². The van der Waals surface area contributed by atoms with Gasteiger partial charge in [-0.15, -0.1) is 0 Å². The molecule has 2 fully saturated rings. The highest BCUT2D eigenvalue weighted by Gasteiger charge is 2.59. The van der Waals surface area contributed by atoms with E-state index < -0.39 is 38.4 Å². The largest absolute Gasteiger partial charge is 0.480 e. The van der Waals surface area contributed by atoms with Crippen molar-refractivity contribution in [1.29, 1.82) is 0 Å². The number of sulfone groups is 1. The van der Waals surface area contributed by atoms with Gasteiger partial charge >= 0.3 is 5.97 Å². The summed E-state index contributed by atoms with van der Waals surface area (Å²) >= 11 is 18.7. The van der Waals surface area contributed by atoms with Crippen molar-refractivity contribution in [3.05, 3.63) is 75.2 Å². The molecule has 2 aliphatic rings. The third-order valence-electron chi connectivity index (χ3n) is 7.22. The third-order valence-corrected chi connectivity index (χ3v) is 10.3. The summed E-state index contributed by atoms with van der Waals surface area (Å²) in [4.78, 5) is 35.3. The highest BCUT2D eigenvalue weighted by Crippen LogP contribution is 2.52. The van der Waals surface area contributed by atoms with Gasteiger partial charge in [0.2, 0.25) is 5.91 Å². The van der Waals surface area contributed by atoms with Gasteiger partial charge < -0.3 is 10.0 Å². The van der Waals surface area contributed by atoms with E-state index in [4.69, 9.17) is 34.8 Å². The Kier molecular flexibility index (Phi) is 6.92. The summed E-state index contributed by atoms with van der Waals surface area (Å²) in [6.45, 7) is 1.55. The number of carbonyl (C=O) groups excluding carboxylic acids is 1. The van der Waals surface area contributed by atoms with Crippen LogP contribution in [-0.4, -0.2) is 58.1 Å². The Hall–Kier alpha value is -2.72. The Morgan fingerprint density at radius 1 is 1.08 bits per heavy atom. The van der Waals surface area contributed by atoms with Gasteiger partial charge in [0.05, 0.1) is 36.3 Å². The van der Waals surface area contributed by atoms with Crippen LogP contribution in [0.15, 0.2) is 53.7 Å². The minimum Gasteiger partial charge on any atom is -0.480 e. The number of halogens is 3. The van der Waals surface area contributed by atoms with E-state index in [-0.39, 0.29) is 27.9 Å². The zero-order chi connectivity index (χ0) is 27.4. The van der Waals surface area contributed by atoms with Crippen molar-refractivity contribution in [2.75, 3.05) is 6.54 Å². The van der Waals surface area contributed by atoms with Crippen molar-refractivity contribution in [3.63, 3.8) is 0 Å². The SMILES string of the molecule is Cc1ncccc1-c1ccc(S(=O)(=O)[C@@H]2C[C@@H](C(=O)O)N(C(=O)C3(c4ncc(Cl)cc4Cl)CC3)C2)c(Cl)c1. The summed E-state index contributed by atoms with van der Waals surface area (Å²) < 4.78 is 27.3. The van der Waals surface area contributed by atoms with Gasteiger partial charge in [0.15, 0.2) is 9.84 Å². The molecule has 0 unspecified atom stereocenters. The highest BCUT2D eigenvalue weighted by molar-refractivity contribution is 7.92. The number of hydrogen-bond donors (Lipinski definition) is 1. The first-order chi connectivity index (χ1) is 18.0. The second-order valence-corrected chi connectivity index (χ2v) is 13.0. The smallest absolute Gasteiger partial charge is 0.326 e. The first-order valence-electron chi connectivity index (χ1n) is 11.8. The molecule has 5 rings (SSSR count). The number of carbonyl (C=O) groups is 2. The summed E-state index contributed by atoms with van der Waals surface area (Å²) in [5.41, 5.74) is 1.49. The first kappa shape index (κ1) is 26.9. The first-order valence-corrected chi connectivity index (χ1v) is 14.4. The fourth-order valence-electron chi connectivity index (χ4n) is 5.07. The fourth-order valence-corrected chi connectivity index (χ4v) is 7.87. The molecule has 2 aromatic heterocycles. The number of aryl methyl sites for hydroxylation is 1. The number of pyridine rings is 2. The van der Waals surface area contributed by atoms with Crippen LogP contribution in [0.1, 0.15) is 30.7 Å². The molecule has 12 heteroatoms. The van der Waals surface area contributed by atoms with Gasteiger partial charge in [0.25, 0.3) is 0 Å². The third kappa shape index (κ3) is 4.55. The summed E-state index contributed by atoms with van der Waals surface area (Å²) in [5, 5.41) is 9.27. The van der Waals surface area contributed by atoms with Crippen molar-refractivity contribution >= 4 is 56.5 Å². The molecule has 2 atom stereocenters. The van der Waals surface area contributed by atoms with Crippen molar-refractivity contribution in [3.8, 4) is 11.1 Å². The monoisotopic (exact) mass is 593 g/mol. The number of aliphatic carboxylic acids is 1. The van der Waals surface area contributed by atoms with Crippen molar-refractivity contribution in [1.82, 2.24) is 14.9 Å². The zero-order valence-corrected chi connectivity index (χ0v) is 23.2. The van der Waals surface area contributed by atoms with Crippen LogP contribution in [-0.2, 0) is 24.8 Å². The van der Waals surface area contributed by atoms with Gasteiger partial charge in [-0.05, 0) is 56.0 Å². The highest BCUT2D eigenvalue weighted by atomic mass is 35.5. The van der Waals surface area contributed by atoms with Crippen LogP contribution >= 0.6 is 34.8 Å². The molecular formula is C26H22Cl3N3O5S. The molecule has 1 saturated heterocycles. The molecule has 1 aliphatic carbocycles. The Morgan fingerprint density at radius 2 is 1.82 bits per heavy atom. The maximum atomic E-state index is 13.7. The zero-order valence-electron chi connectivity index (χ0n) is 20.1. The number of rotatable bonds is 6. The molecule has 0 spiro atoms. The van der Waals surface area contributed by atoms with Crippen LogP contribution in [0.4, 0.5) is 0 Å². The van der Waals surface area contributed by atoms with E-state index in [0.717, 1.165) is 16.2 Å². The van der Waals surface area contributed by atoms with E-state index in [1.165, 1.54) is 18.3 Å². The van der Waals surface area contributed by atoms with Crippen molar-refractivity contribution < 1.29 is 23.1 Å². The van der Waals surface area contributed by atoms with E-state index in [9.17, 15) is 23.1 Å². The lowest BCUT2D eigenvalue weighted by Gasteiger charge is -2.27. The Balaban J connectivity index is 1.45. The normalized spacial score (nSPS) is 20.4. The molecule has 1 saturated carbocycles. The van der Waals surface area contributed by atoms with Crippen LogP contribution in [0.3, 0.4) is 0 Å². The minimum absolute atomic E-state index is 0.0122. The Morgan fingerprint density at radius 3 is 2.42 bits per heavy atom. The molecule has 0 bridgehead atoms. The molecule has 1 amide bonds. The van der Waals surface area contributed by atoms with Crippen LogP contribution in [0.5, 0.6) is 0 Å². The molecule has 198 valence electrons.